The number of amides is 1. The number of pyridine rings is 1. The quantitative estimate of drug-likeness (QED) is 0.793. The molecule has 0 radical (unpaired) electrons. The van der Waals surface area contributed by atoms with E-state index in [0.717, 1.165) is 0 Å². The molecule has 0 aliphatic heterocycles. The lowest BCUT2D eigenvalue weighted by molar-refractivity contribution is -0.133. The van der Waals surface area contributed by atoms with Gasteiger partial charge in [0.05, 0.1) is 5.02 Å². The molecule has 0 aromatic carbocycles. The number of carbonyl (C=O) groups excluding carboxylic acids is 2. The van der Waals surface area contributed by atoms with E-state index < -0.39 is 11.7 Å². The summed E-state index contributed by atoms with van der Waals surface area (Å²) in [6.45, 7) is 1.19. The maximum atomic E-state index is 10.9. The van der Waals surface area contributed by atoms with Crippen molar-refractivity contribution in [1.29, 1.82) is 0 Å². The highest BCUT2D eigenvalue weighted by atomic mass is 35.5. The molecule has 0 saturated heterocycles. The van der Waals surface area contributed by atoms with Crippen LogP contribution >= 0.6 is 24.0 Å². The maximum absolute atomic E-state index is 10.9. The van der Waals surface area contributed by atoms with Crippen molar-refractivity contribution in [2.45, 2.75) is 6.92 Å². The van der Waals surface area contributed by atoms with E-state index in [2.05, 4.69) is 10.3 Å². The number of rotatable bonds is 2. The predicted molar refractivity (Wildman–Crippen MR) is 55.8 cm³/mol. The van der Waals surface area contributed by atoms with Crippen LogP contribution in [0.1, 0.15) is 6.92 Å². The molecule has 1 heterocycles. The fourth-order valence-corrected chi connectivity index (χ4v) is 0.766. The monoisotopic (exact) mass is 234 g/mol. The lowest BCUT2D eigenvalue weighted by Gasteiger charge is -2.00. The Morgan fingerprint density at radius 2 is 2.07 bits per heavy atom. The van der Waals surface area contributed by atoms with Crippen LogP contribution in [0.25, 0.3) is 0 Å². The van der Waals surface area contributed by atoms with E-state index in [-0.39, 0.29) is 12.4 Å². The Labute approximate surface area is 92.1 Å². The summed E-state index contributed by atoms with van der Waals surface area (Å²) in [4.78, 5) is 25.2. The van der Waals surface area contributed by atoms with Gasteiger partial charge in [-0.3, -0.25) is 9.59 Å². The van der Waals surface area contributed by atoms with Gasteiger partial charge in [0, 0.05) is 13.1 Å². The van der Waals surface area contributed by atoms with Crippen LogP contribution < -0.4 is 5.32 Å². The summed E-state index contributed by atoms with van der Waals surface area (Å²) in [5, 5.41) is 2.78. The summed E-state index contributed by atoms with van der Waals surface area (Å²) < 4.78 is 0. The van der Waals surface area contributed by atoms with E-state index >= 15 is 0 Å². The summed E-state index contributed by atoms with van der Waals surface area (Å²) >= 11 is 5.57. The molecule has 0 unspecified atom stereocenters. The van der Waals surface area contributed by atoms with E-state index in [0.29, 0.717) is 10.8 Å². The van der Waals surface area contributed by atoms with Crippen molar-refractivity contribution in [3.05, 3.63) is 23.4 Å². The topological polar surface area (TPSA) is 59.1 Å². The first-order chi connectivity index (χ1) is 6.09. The van der Waals surface area contributed by atoms with Crippen molar-refractivity contribution in [3.8, 4) is 0 Å². The number of hydrogen-bond acceptors (Lipinski definition) is 3. The van der Waals surface area contributed by atoms with Gasteiger partial charge in [-0.05, 0) is 12.1 Å². The highest BCUT2D eigenvalue weighted by Crippen LogP contribution is 2.09. The Morgan fingerprint density at radius 3 is 2.50 bits per heavy atom. The Balaban J connectivity index is 0.00000169. The molecule has 0 fully saturated rings. The van der Waals surface area contributed by atoms with Crippen molar-refractivity contribution >= 4 is 41.5 Å². The molecular weight excluding hydrogens is 227 g/mol. The smallest absolute Gasteiger partial charge is 0.292 e. The van der Waals surface area contributed by atoms with Crippen molar-refractivity contribution in [2.75, 3.05) is 5.32 Å². The number of nitrogens with zero attached hydrogens (tertiary/aromatic N) is 1. The Morgan fingerprint density at radius 1 is 1.43 bits per heavy atom. The van der Waals surface area contributed by atoms with E-state index in [1.165, 1.54) is 19.2 Å². The Bertz CT molecular complexity index is 338. The van der Waals surface area contributed by atoms with Crippen LogP contribution in [0.4, 0.5) is 5.82 Å². The molecule has 4 nitrogen and oxygen atoms in total. The third kappa shape index (κ3) is 3.72. The Kier molecular flexibility index (Phi) is 5.12. The van der Waals surface area contributed by atoms with Gasteiger partial charge in [-0.1, -0.05) is 11.6 Å². The molecule has 76 valence electrons. The molecule has 0 bridgehead atoms. The minimum atomic E-state index is -0.685. The molecule has 0 saturated carbocycles. The number of nitrogens with one attached hydrogen (secondary N) is 1. The highest BCUT2D eigenvalue weighted by Gasteiger charge is 2.07. The molecular formula is C8H8Cl2N2O2. The number of Topliss-reactive ketones (excluding diaryl/α,β-unsaturated/α-hetero) is 1. The van der Waals surface area contributed by atoms with Gasteiger partial charge in [0.15, 0.2) is 0 Å². The fourth-order valence-electron chi connectivity index (χ4n) is 0.654. The summed E-state index contributed by atoms with van der Waals surface area (Å²) in [7, 11) is 0. The standard InChI is InChI=1S/C8H7ClN2O2.ClH/c1-5(12)8(13)11-7-3-2-6(9)4-10-7;/h2-4H,1H3,(H,10,11,13);1H. The molecule has 0 spiro atoms. The minimum absolute atomic E-state index is 0. The lowest BCUT2D eigenvalue weighted by atomic mass is 10.4. The fraction of sp³-hybridized carbons (Fsp3) is 0.125. The third-order valence-electron chi connectivity index (χ3n) is 1.29. The van der Waals surface area contributed by atoms with Gasteiger partial charge in [-0.2, -0.15) is 0 Å². The number of anilines is 1. The number of ketones is 1. The second kappa shape index (κ2) is 5.57. The van der Waals surface area contributed by atoms with E-state index in [1.54, 1.807) is 6.07 Å². The molecule has 0 atom stereocenters. The Hall–Kier alpha value is -1.13. The zero-order chi connectivity index (χ0) is 9.84. The van der Waals surface area contributed by atoms with Crippen molar-refractivity contribution in [2.24, 2.45) is 0 Å². The molecule has 1 N–H and O–H groups in total. The van der Waals surface area contributed by atoms with E-state index in [1.807, 2.05) is 0 Å². The third-order valence-corrected chi connectivity index (χ3v) is 1.51. The first kappa shape index (κ1) is 12.9. The molecule has 0 aliphatic carbocycles. The number of hydrogen-bond donors (Lipinski definition) is 1. The molecule has 1 aromatic rings. The number of aromatic nitrogens is 1. The minimum Gasteiger partial charge on any atom is -0.304 e. The number of halogens is 2. The van der Waals surface area contributed by atoms with Gasteiger partial charge >= 0.3 is 0 Å². The molecule has 1 aromatic heterocycles. The van der Waals surface area contributed by atoms with Gasteiger partial charge in [-0.25, -0.2) is 4.98 Å². The summed E-state index contributed by atoms with van der Waals surface area (Å²) in [6.07, 6.45) is 1.39. The van der Waals surface area contributed by atoms with Crippen molar-refractivity contribution in [1.82, 2.24) is 4.98 Å². The highest BCUT2D eigenvalue weighted by molar-refractivity contribution is 6.39. The van der Waals surface area contributed by atoms with Crippen LogP contribution in [0.3, 0.4) is 0 Å². The summed E-state index contributed by atoms with van der Waals surface area (Å²) in [6, 6.07) is 3.09. The second-order valence-corrected chi connectivity index (χ2v) is 2.81. The lowest BCUT2D eigenvalue weighted by Crippen LogP contribution is -2.20. The van der Waals surface area contributed by atoms with Crippen LogP contribution in [-0.2, 0) is 9.59 Å². The molecule has 14 heavy (non-hydrogen) atoms. The van der Waals surface area contributed by atoms with Crippen molar-refractivity contribution < 1.29 is 9.59 Å². The first-order valence-electron chi connectivity index (χ1n) is 3.53. The van der Waals surface area contributed by atoms with E-state index in [9.17, 15) is 9.59 Å². The van der Waals surface area contributed by atoms with Crippen LogP contribution in [0.2, 0.25) is 5.02 Å². The summed E-state index contributed by atoms with van der Waals surface area (Å²) in [5.41, 5.74) is 0. The SMILES string of the molecule is CC(=O)C(=O)Nc1ccc(Cl)cn1.Cl. The van der Waals surface area contributed by atoms with Crippen LogP contribution in [-0.4, -0.2) is 16.7 Å². The van der Waals surface area contributed by atoms with Gasteiger partial charge in [0.1, 0.15) is 5.82 Å². The van der Waals surface area contributed by atoms with Crippen LogP contribution in [0, 0.1) is 0 Å². The molecule has 0 aliphatic rings. The largest absolute Gasteiger partial charge is 0.304 e. The summed E-state index contributed by atoms with van der Waals surface area (Å²) in [5.74, 6) is -0.934. The van der Waals surface area contributed by atoms with Gasteiger partial charge in [0.2, 0.25) is 5.78 Å². The molecule has 1 rings (SSSR count). The predicted octanol–water partition coefficient (Wildman–Crippen LogP) is 1.68. The molecule has 6 heteroatoms. The van der Waals surface area contributed by atoms with Crippen molar-refractivity contribution in [3.63, 3.8) is 0 Å². The molecule has 1 amide bonds. The van der Waals surface area contributed by atoms with Crippen LogP contribution in [0.15, 0.2) is 18.3 Å². The average molecular weight is 235 g/mol. The maximum Gasteiger partial charge on any atom is 0.292 e. The van der Waals surface area contributed by atoms with Gasteiger partial charge in [0.25, 0.3) is 5.91 Å². The van der Waals surface area contributed by atoms with Crippen LogP contribution in [0.5, 0.6) is 0 Å². The number of carbonyl (C=O) groups is 2. The van der Waals surface area contributed by atoms with Gasteiger partial charge < -0.3 is 5.32 Å². The first-order valence-corrected chi connectivity index (χ1v) is 3.91. The second-order valence-electron chi connectivity index (χ2n) is 2.37. The average Bonchev–Trinajstić information content (AvgIpc) is 2.08. The zero-order valence-corrected chi connectivity index (χ0v) is 8.85. The normalized spacial score (nSPS) is 8.71. The van der Waals surface area contributed by atoms with E-state index in [4.69, 9.17) is 11.6 Å². The zero-order valence-electron chi connectivity index (χ0n) is 7.28. The van der Waals surface area contributed by atoms with Gasteiger partial charge in [-0.15, -0.1) is 12.4 Å².